The number of aliphatic hydroxyl groups excluding tert-OH is 1. The molecule has 0 radical (unpaired) electrons. The van der Waals surface area contributed by atoms with E-state index in [0.717, 1.165) is 23.7 Å². The average molecular weight is 457 g/mol. The molecule has 5 aliphatic rings. The minimum atomic E-state index is -0.164. The van der Waals surface area contributed by atoms with Gasteiger partial charge in [0.2, 0.25) is 0 Å². The van der Waals surface area contributed by atoms with Crippen LogP contribution in [0.5, 0.6) is 0 Å². The largest absolute Gasteiger partial charge is 0.392 e. The number of aliphatic hydroxyl groups is 1. The fraction of sp³-hybridized carbons (Fsp3) is 1.00. The predicted octanol–water partition coefficient (Wildman–Crippen LogP) is 8.74. The van der Waals surface area contributed by atoms with E-state index in [0.29, 0.717) is 28.1 Å². The van der Waals surface area contributed by atoms with Crippen molar-refractivity contribution in [3.63, 3.8) is 0 Å². The van der Waals surface area contributed by atoms with Crippen molar-refractivity contribution in [1.29, 1.82) is 0 Å². The minimum Gasteiger partial charge on any atom is -0.392 e. The molecule has 5 aliphatic carbocycles. The van der Waals surface area contributed by atoms with Gasteiger partial charge in [0.05, 0.1) is 6.10 Å². The van der Waals surface area contributed by atoms with Gasteiger partial charge in [0.15, 0.2) is 0 Å². The van der Waals surface area contributed by atoms with Crippen LogP contribution < -0.4 is 0 Å². The highest BCUT2D eigenvalue weighted by Gasteiger charge is 2.74. The van der Waals surface area contributed by atoms with Crippen molar-refractivity contribution in [2.45, 2.75) is 133 Å². The highest BCUT2D eigenvalue weighted by Crippen LogP contribution is 2.79. The molecule has 1 nitrogen and oxygen atoms in total. The average Bonchev–Trinajstić information content (AvgIpc) is 2.73. The lowest BCUT2D eigenvalue weighted by molar-refractivity contribution is -0.304. The summed E-state index contributed by atoms with van der Waals surface area (Å²) in [5.41, 5.74) is 1.85. The first-order valence-corrected chi connectivity index (χ1v) is 14.8. The molecule has 0 amide bonds. The lowest BCUT2D eigenvalue weighted by atomic mass is 9.28. The van der Waals surface area contributed by atoms with Crippen molar-refractivity contribution >= 4 is 0 Å². The van der Waals surface area contributed by atoms with E-state index < -0.39 is 0 Å². The molecule has 1 N–H and O–H groups in total. The van der Waals surface area contributed by atoms with E-state index >= 15 is 0 Å². The van der Waals surface area contributed by atoms with Crippen LogP contribution in [0.15, 0.2) is 0 Å². The van der Waals surface area contributed by atoms with Gasteiger partial charge in [0.1, 0.15) is 0 Å². The monoisotopic (exact) mass is 456 g/mol. The number of hydrogen-bond donors (Lipinski definition) is 1. The minimum absolute atomic E-state index is 0.0152. The van der Waals surface area contributed by atoms with Crippen LogP contribution in [0.2, 0.25) is 0 Å². The van der Waals surface area contributed by atoms with Gasteiger partial charge in [-0.1, -0.05) is 69.2 Å². The van der Waals surface area contributed by atoms with Crippen LogP contribution in [0.1, 0.15) is 127 Å². The zero-order valence-electron chi connectivity index (χ0n) is 23.9. The summed E-state index contributed by atoms with van der Waals surface area (Å²) >= 11 is 0. The van der Waals surface area contributed by atoms with Gasteiger partial charge in [0.25, 0.3) is 0 Å². The summed E-state index contributed by atoms with van der Waals surface area (Å²) in [5.74, 6) is 4.55. The van der Waals surface area contributed by atoms with Gasteiger partial charge in [0, 0.05) is 5.41 Å². The van der Waals surface area contributed by atoms with Crippen LogP contribution in [-0.2, 0) is 0 Å². The Balaban J connectivity index is 1.60. The number of rotatable bonds is 0. The first-order valence-electron chi connectivity index (χ1n) is 14.8. The van der Waals surface area contributed by atoms with Crippen molar-refractivity contribution in [1.82, 2.24) is 0 Å². The Morgan fingerprint density at radius 3 is 1.97 bits per heavy atom. The number of fused-ring (bicyclic) bond motifs is 7. The molecule has 5 fully saturated rings. The van der Waals surface area contributed by atoms with Crippen LogP contribution in [0, 0.1) is 68.0 Å². The molecule has 0 aromatic rings. The molecule has 0 spiro atoms. The zero-order valence-corrected chi connectivity index (χ0v) is 23.9. The second kappa shape index (κ2) is 7.04. The van der Waals surface area contributed by atoms with E-state index in [9.17, 15) is 5.11 Å². The first-order chi connectivity index (χ1) is 15.1. The summed E-state index contributed by atoms with van der Waals surface area (Å²) in [4.78, 5) is 0. The first kappa shape index (κ1) is 24.6. The molecule has 0 aliphatic heterocycles. The van der Waals surface area contributed by atoms with Gasteiger partial charge in [-0.3, -0.25) is 0 Å². The molecule has 5 rings (SSSR count). The van der Waals surface area contributed by atoms with Crippen LogP contribution in [-0.4, -0.2) is 11.2 Å². The standard InChI is InChI=1S/C32H56O/c1-20-13-14-28(6)15-16-29(7)23(25(28)22(20)3)11-12-24-30(29,8)17-18-31(9)27(4,5)19-21(2)26(33)32(24,31)10/h20-26,33H,11-19H2,1-10H3/t20-,21?,22+,23-,24+,25+,26?,28-,29-,30-,31+,32+/m1/s1. The SMILES string of the molecule is CC1CC(C)(C)[C@]2(C)CC[C@]3(C)[C@H](CC[C@@H]4[C@@H]5[C@@H](C)[C@H](C)CC[C@]5(C)CC[C@]43C)[C@@]2(C)C1O. The summed E-state index contributed by atoms with van der Waals surface area (Å²) in [5, 5.41) is 12.0. The van der Waals surface area contributed by atoms with Crippen LogP contribution >= 0.6 is 0 Å². The molecule has 190 valence electrons. The maximum atomic E-state index is 12.0. The summed E-state index contributed by atoms with van der Waals surface area (Å²) < 4.78 is 0. The fourth-order valence-corrected chi connectivity index (χ4v) is 12.4. The lowest BCUT2D eigenvalue weighted by Gasteiger charge is -2.77. The molecule has 0 aromatic carbocycles. The summed E-state index contributed by atoms with van der Waals surface area (Å²) in [6.45, 7) is 25.8. The molecular weight excluding hydrogens is 400 g/mol. The van der Waals surface area contributed by atoms with Crippen molar-refractivity contribution in [3.05, 3.63) is 0 Å². The van der Waals surface area contributed by atoms with E-state index in [-0.39, 0.29) is 22.3 Å². The molecule has 0 saturated heterocycles. The van der Waals surface area contributed by atoms with E-state index in [1.165, 1.54) is 57.8 Å². The molecule has 12 atom stereocenters. The van der Waals surface area contributed by atoms with Crippen molar-refractivity contribution in [3.8, 4) is 0 Å². The fourth-order valence-electron chi connectivity index (χ4n) is 12.4. The predicted molar refractivity (Wildman–Crippen MR) is 140 cm³/mol. The molecule has 33 heavy (non-hydrogen) atoms. The molecule has 2 unspecified atom stereocenters. The topological polar surface area (TPSA) is 20.2 Å². The lowest BCUT2D eigenvalue weighted by Crippen LogP contribution is -2.72. The quantitative estimate of drug-likeness (QED) is 0.386. The van der Waals surface area contributed by atoms with Gasteiger partial charge in [-0.25, -0.2) is 0 Å². The maximum absolute atomic E-state index is 12.0. The molecule has 5 saturated carbocycles. The smallest absolute Gasteiger partial charge is 0.0627 e. The van der Waals surface area contributed by atoms with Crippen molar-refractivity contribution < 1.29 is 5.11 Å². The maximum Gasteiger partial charge on any atom is 0.0627 e. The highest BCUT2D eigenvalue weighted by atomic mass is 16.3. The second-order valence-corrected chi connectivity index (χ2v) is 16.3. The Labute approximate surface area is 206 Å². The van der Waals surface area contributed by atoms with E-state index in [1.54, 1.807) is 0 Å². The molecular formula is C32H56O. The van der Waals surface area contributed by atoms with Crippen molar-refractivity contribution in [2.75, 3.05) is 0 Å². The Hall–Kier alpha value is -0.0400. The third kappa shape index (κ3) is 2.71. The Morgan fingerprint density at radius 2 is 1.30 bits per heavy atom. The zero-order chi connectivity index (χ0) is 24.4. The second-order valence-electron chi connectivity index (χ2n) is 16.3. The summed E-state index contributed by atoms with van der Waals surface area (Å²) in [6, 6.07) is 0. The van der Waals surface area contributed by atoms with E-state index in [1.807, 2.05) is 0 Å². The van der Waals surface area contributed by atoms with Gasteiger partial charge in [-0.05, 0) is 120 Å². The third-order valence-corrected chi connectivity index (χ3v) is 15.3. The molecule has 0 heterocycles. The van der Waals surface area contributed by atoms with Gasteiger partial charge >= 0.3 is 0 Å². The summed E-state index contributed by atoms with van der Waals surface area (Å²) in [6.07, 6.45) is 12.2. The normalized spacial score (nSPS) is 62.5. The third-order valence-electron chi connectivity index (χ3n) is 15.3. The Morgan fingerprint density at radius 1 is 0.667 bits per heavy atom. The Bertz CT molecular complexity index is 800. The molecule has 1 heteroatoms. The molecule has 0 bridgehead atoms. The van der Waals surface area contributed by atoms with Crippen LogP contribution in [0.3, 0.4) is 0 Å². The highest BCUT2D eigenvalue weighted by molar-refractivity contribution is 5.22. The van der Waals surface area contributed by atoms with Crippen molar-refractivity contribution in [2.24, 2.45) is 68.0 Å². The van der Waals surface area contributed by atoms with E-state index in [2.05, 4.69) is 69.2 Å². The van der Waals surface area contributed by atoms with Gasteiger partial charge in [-0.15, -0.1) is 0 Å². The van der Waals surface area contributed by atoms with Gasteiger partial charge < -0.3 is 5.11 Å². The number of hydrogen-bond acceptors (Lipinski definition) is 1. The van der Waals surface area contributed by atoms with Gasteiger partial charge in [-0.2, -0.15) is 0 Å². The molecule has 0 aromatic heterocycles. The van der Waals surface area contributed by atoms with Crippen LogP contribution in [0.4, 0.5) is 0 Å². The van der Waals surface area contributed by atoms with Crippen LogP contribution in [0.25, 0.3) is 0 Å². The van der Waals surface area contributed by atoms with E-state index in [4.69, 9.17) is 0 Å². The summed E-state index contributed by atoms with van der Waals surface area (Å²) in [7, 11) is 0. The Kier molecular flexibility index (Phi) is 5.26.